The smallest absolute Gasteiger partial charge is 0.237 e. The van der Waals surface area contributed by atoms with Crippen LogP contribution in [0.2, 0.25) is 5.02 Å². The van der Waals surface area contributed by atoms with Gasteiger partial charge in [-0.2, -0.15) is 0 Å². The SMILES string of the molecule is CCN(C(=O)CSc1nnc(COc2ccccc2Cl)n1C1CC1)c1cccc2ccccc12. The molecule has 0 saturated heterocycles. The van der Waals surface area contributed by atoms with Gasteiger partial charge >= 0.3 is 0 Å². The lowest BCUT2D eigenvalue weighted by molar-refractivity contribution is -0.116. The molecule has 0 bridgehead atoms. The highest BCUT2D eigenvalue weighted by Gasteiger charge is 2.30. The maximum atomic E-state index is 13.3. The molecule has 174 valence electrons. The first-order chi connectivity index (χ1) is 16.7. The molecule has 1 amide bonds. The number of nitrogens with zero attached hydrogens (tertiary/aromatic N) is 4. The number of ether oxygens (including phenoxy) is 1. The van der Waals surface area contributed by atoms with E-state index in [0.29, 0.717) is 23.4 Å². The van der Waals surface area contributed by atoms with Crippen molar-refractivity contribution in [2.45, 2.75) is 37.6 Å². The zero-order valence-electron chi connectivity index (χ0n) is 18.9. The number of fused-ring (bicyclic) bond motifs is 1. The van der Waals surface area contributed by atoms with Gasteiger partial charge in [0.05, 0.1) is 16.5 Å². The molecule has 1 fully saturated rings. The first-order valence-electron chi connectivity index (χ1n) is 11.4. The molecule has 1 aromatic heterocycles. The molecule has 0 aliphatic heterocycles. The highest BCUT2D eigenvalue weighted by Crippen LogP contribution is 2.39. The van der Waals surface area contributed by atoms with E-state index in [1.54, 1.807) is 6.07 Å². The van der Waals surface area contributed by atoms with Crippen LogP contribution in [0.4, 0.5) is 5.69 Å². The maximum Gasteiger partial charge on any atom is 0.237 e. The van der Waals surface area contributed by atoms with Crippen molar-refractivity contribution in [1.82, 2.24) is 14.8 Å². The number of hydrogen-bond donors (Lipinski definition) is 0. The Bertz CT molecular complexity index is 1320. The number of halogens is 1. The van der Waals surface area contributed by atoms with Gasteiger partial charge in [0.2, 0.25) is 5.91 Å². The number of benzene rings is 3. The molecule has 1 heterocycles. The van der Waals surface area contributed by atoms with Gasteiger partial charge in [-0.1, -0.05) is 71.9 Å². The van der Waals surface area contributed by atoms with E-state index < -0.39 is 0 Å². The van der Waals surface area contributed by atoms with Crippen molar-refractivity contribution in [3.63, 3.8) is 0 Å². The molecule has 8 heteroatoms. The first kappa shape index (κ1) is 22.7. The Morgan fingerprint density at radius 2 is 1.85 bits per heavy atom. The van der Waals surface area contributed by atoms with Crippen molar-refractivity contribution in [3.8, 4) is 5.75 Å². The summed E-state index contributed by atoms with van der Waals surface area (Å²) in [5.74, 6) is 1.70. The average molecular weight is 493 g/mol. The van der Waals surface area contributed by atoms with Crippen molar-refractivity contribution in [2.75, 3.05) is 17.2 Å². The summed E-state index contributed by atoms with van der Waals surface area (Å²) in [6.45, 7) is 2.87. The van der Waals surface area contributed by atoms with Crippen LogP contribution in [0.5, 0.6) is 5.75 Å². The number of hydrogen-bond acceptors (Lipinski definition) is 5. The quantitative estimate of drug-likeness (QED) is 0.262. The zero-order valence-corrected chi connectivity index (χ0v) is 20.4. The van der Waals surface area contributed by atoms with Crippen LogP contribution in [0.15, 0.2) is 71.9 Å². The third-order valence-electron chi connectivity index (χ3n) is 5.84. The van der Waals surface area contributed by atoms with Crippen LogP contribution in [0.3, 0.4) is 0 Å². The molecule has 1 aliphatic rings. The number of para-hydroxylation sites is 1. The van der Waals surface area contributed by atoms with Gasteiger partial charge in [-0.05, 0) is 43.4 Å². The number of aromatic nitrogens is 3. The Balaban J connectivity index is 1.30. The fourth-order valence-corrected chi connectivity index (χ4v) is 5.13. The monoisotopic (exact) mass is 492 g/mol. The number of thioether (sulfide) groups is 1. The molecule has 1 saturated carbocycles. The van der Waals surface area contributed by atoms with Crippen LogP contribution in [-0.2, 0) is 11.4 Å². The average Bonchev–Trinajstić information content (AvgIpc) is 3.62. The van der Waals surface area contributed by atoms with Gasteiger partial charge in [0, 0.05) is 18.0 Å². The van der Waals surface area contributed by atoms with Gasteiger partial charge in [-0.15, -0.1) is 10.2 Å². The molecule has 6 nitrogen and oxygen atoms in total. The topological polar surface area (TPSA) is 60.3 Å². The van der Waals surface area contributed by atoms with Crippen molar-refractivity contribution in [1.29, 1.82) is 0 Å². The van der Waals surface area contributed by atoms with Crippen LogP contribution in [0, 0.1) is 0 Å². The Kier molecular flexibility index (Phi) is 6.74. The largest absolute Gasteiger partial charge is 0.484 e. The van der Waals surface area contributed by atoms with E-state index in [1.807, 2.05) is 54.3 Å². The Labute approximate surface area is 207 Å². The third kappa shape index (κ3) is 4.76. The Morgan fingerprint density at radius 1 is 1.09 bits per heavy atom. The van der Waals surface area contributed by atoms with Gasteiger partial charge in [0.1, 0.15) is 12.4 Å². The Hall–Kier alpha value is -3.03. The van der Waals surface area contributed by atoms with E-state index in [4.69, 9.17) is 16.3 Å². The summed E-state index contributed by atoms with van der Waals surface area (Å²) in [6, 6.07) is 21.9. The minimum Gasteiger partial charge on any atom is -0.484 e. The first-order valence-corrected chi connectivity index (χ1v) is 12.7. The van der Waals surface area contributed by atoms with Crippen molar-refractivity contribution >= 4 is 45.7 Å². The summed E-state index contributed by atoms with van der Waals surface area (Å²) >= 11 is 7.64. The molecule has 0 N–H and O–H groups in total. The summed E-state index contributed by atoms with van der Waals surface area (Å²) in [5.41, 5.74) is 0.934. The molecular weight excluding hydrogens is 468 g/mol. The second kappa shape index (κ2) is 10.1. The van der Waals surface area contributed by atoms with Gasteiger partial charge in [0.25, 0.3) is 0 Å². The highest BCUT2D eigenvalue weighted by molar-refractivity contribution is 7.99. The minimum absolute atomic E-state index is 0.0445. The number of anilines is 1. The number of amides is 1. The van der Waals surface area contributed by atoms with Crippen LogP contribution in [-0.4, -0.2) is 33.0 Å². The lowest BCUT2D eigenvalue weighted by Crippen LogP contribution is -2.32. The van der Waals surface area contributed by atoms with Gasteiger partial charge in [0.15, 0.2) is 11.0 Å². The summed E-state index contributed by atoms with van der Waals surface area (Å²) in [6.07, 6.45) is 2.16. The molecule has 0 radical (unpaired) electrons. The van der Waals surface area contributed by atoms with Gasteiger partial charge in [-0.3, -0.25) is 9.36 Å². The standard InChI is InChI=1S/C26H25ClN4O2S/c1-2-30(22-12-7-9-18-8-3-4-10-20(18)22)25(32)17-34-26-29-28-24(31(26)19-14-15-19)16-33-23-13-6-5-11-21(23)27/h3-13,19H,2,14-17H2,1H3. The molecule has 4 aromatic rings. The van der Waals surface area contributed by atoms with Crippen molar-refractivity contribution in [2.24, 2.45) is 0 Å². The normalized spacial score (nSPS) is 13.2. The van der Waals surface area contributed by atoms with Gasteiger partial charge < -0.3 is 9.64 Å². The second-order valence-electron chi connectivity index (χ2n) is 8.14. The zero-order chi connectivity index (χ0) is 23.5. The summed E-state index contributed by atoms with van der Waals surface area (Å²) < 4.78 is 8.01. The Morgan fingerprint density at radius 3 is 2.65 bits per heavy atom. The molecule has 0 unspecified atom stereocenters. The van der Waals surface area contributed by atoms with E-state index in [-0.39, 0.29) is 18.3 Å². The number of rotatable bonds is 9. The van der Waals surface area contributed by atoms with Gasteiger partial charge in [-0.25, -0.2) is 0 Å². The third-order valence-corrected chi connectivity index (χ3v) is 7.08. The fourth-order valence-electron chi connectivity index (χ4n) is 4.04. The van der Waals surface area contributed by atoms with Crippen LogP contribution in [0.1, 0.15) is 31.6 Å². The van der Waals surface area contributed by atoms with Crippen LogP contribution in [0.25, 0.3) is 10.8 Å². The minimum atomic E-state index is 0.0445. The predicted molar refractivity (Wildman–Crippen MR) is 137 cm³/mol. The van der Waals surface area contributed by atoms with Crippen LogP contribution < -0.4 is 9.64 Å². The molecular formula is C26H25ClN4O2S. The number of carbonyl (C=O) groups excluding carboxylic acids is 1. The second-order valence-corrected chi connectivity index (χ2v) is 9.49. The van der Waals surface area contributed by atoms with E-state index >= 15 is 0 Å². The molecule has 34 heavy (non-hydrogen) atoms. The lowest BCUT2D eigenvalue weighted by atomic mass is 10.1. The molecule has 1 aliphatic carbocycles. The van der Waals surface area contributed by atoms with Crippen molar-refractivity contribution in [3.05, 3.63) is 77.6 Å². The molecule has 0 spiro atoms. The highest BCUT2D eigenvalue weighted by atomic mass is 35.5. The predicted octanol–water partition coefficient (Wildman–Crippen LogP) is 6.14. The van der Waals surface area contributed by atoms with E-state index in [0.717, 1.165) is 40.3 Å². The number of carbonyl (C=O) groups is 1. The maximum absolute atomic E-state index is 13.3. The molecule has 3 aromatic carbocycles. The van der Waals surface area contributed by atoms with E-state index in [1.165, 1.54) is 11.8 Å². The van der Waals surface area contributed by atoms with Crippen molar-refractivity contribution < 1.29 is 9.53 Å². The lowest BCUT2D eigenvalue weighted by Gasteiger charge is -2.22. The van der Waals surface area contributed by atoms with Crippen LogP contribution >= 0.6 is 23.4 Å². The fraction of sp³-hybridized carbons (Fsp3) is 0.269. The molecule has 0 atom stereocenters. The summed E-state index contributed by atoms with van der Waals surface area (Å²) in [7, 11) is 0. The summed E-state index contributed by atoms with van der Waals surface area (Å²) in [4.78, 5) is 15.1. The summed E-state index contributed by atoms with van der Waals surface area (Å²) in [5, 5.41) is 12.3. The van der Waals surface area contributed by atoms with E-state index in [2.05, 4.69) is 33.0 Å². The molecule has 5 rings (SSSR count). The van der Waals surface area contributed by atoms with E-state index in [9.17, 15) is 4.79 Å².